The number of halogens is 2. The summed E-state index contributed by atoms with van der Waals surface area (Å²) in [5.74, 6) is 1.91. The van der Waals surface area contributed by atoms with E-state index in [1.54, 1.807) is 11.3 Å². The van der Waals surface area contributed by atoms with Crippen molar-refractivity contribution in [2.24, 2.45) is 0 Å². The van der Waals surface area contributed by atoms with Crippen LogP contribution in [0.5, 0.6) is 11.5 Å². The predicted octanol–water partition coefficient (Wildman–Crippen LogP) is 7.66. The Morgan fingerprint density at radius 2 is 1.86 bits per heavy atom. The van der Waals surface area contributed by atoms with Gasteiger partial charge in [0, 0.05) is 14.9 Å². The predicted molar refractivity (Wildman–Crippen MR) is 154 cm³/mol. The molecule has 0 atom stereocenters. The van der Waals surface area contributed by atoms with Crippen LogP contribution in [0, 0.1) is 3.57 Å². The van der Waals surface area contributed by atoms with Crippen LogP contribution in [0.25, 0.3) is 21.6 Å². The van der Waals surface area contributed by atoms with Gasteiger partial charge in [0.1, 0.15) is 17.3 Å². The van der Waals surface area contributed by atoms with E-state index in [9.17, 15) is 4.79 Å². The fourth-order valence-corrected chi connectivity index (χ4v) is 6.78. The van der Waals surface area contributed by atoms with E-state index in [1.165, 1.54) is 29.7 Å². The van der Waals surface area contributed by atoms with Crippen molar-refractivity contribution in [1.82, 2.24) is 9.97 Å². The summed E-state index contributed by atoms with van der Waals surface area (Å²) >= 11 is 7.41. The van der Waals surface area contributed by atoms with Crippen molar-refractivity contribution >= 4 is 60.1 Å². The van der Waals surface area contributed by atoms with Gasteiger partial charge in [-0.25, -0.2) is 4.98 Å². The topological polar surface area (TPSA) is 64.2 Å². The normalized spacial score (nSPS) is 13.8. The number of aromatic nitrogens is 2. The molecule has 0 spiro atoms. The highest BCUT2D eigenvalue weighted by molar-refractivity contribution is 14.1. The molecule has 0 unspecified atom stereocenters. The largest absolute Gasteiger partial charge is 0.490 e. The highest BCUT2D eigenvalue weighted by Crippen LogP contribution is 2.38. The monoisotopic (exact) mass is 664 g/mol. The maximum Gasteiger partial charge on any atom is 0.260 e. The number of hydrogen-bond acceptors (Lipinski definition) is 5. The number of rotatable bonds is 6. The molecular formula is C27H26BrIN2O3S. The maximum absolute atomic E-state index is 13.2. The molecule has 35 heavy (non-hydrogen) atoms. The van der Waals surface area contributed by atoms with E-state index in [4.69, 9.17) is 14.5 Å². The number of nitrogens with one attached hydrogen (secondary N) is 1. The molecule has 0 saturated heterocycles. The first-order valence-corrected chi connectivity index (χ1v) is 14.6. The minimum atomic E-state index is -0.0494. The van der Waals surface area contributed by atoms with Gasteiger partial charge in [-0.05, 0) is 90.6 Å². The van der Waals surface area contributed by atoms with Crippen LogP contribution in [0.1, 0.15) is 48.6 Å². The molecule has 2 aromatic heterocycles. The average Bonchev–Trinajstić information content (AvgIpc) is 3.16. The first-order chi connectivity index (χ1) is 17.0. The molecule has 0 amide bonds. The fourth-order valence-electron chi connectivity index (χ4n) is 4.50. The van der Waals surface area contributed by atoms with Crippen molar-refractivity contribution in [1.29, 1.82) is 0 Å². The molecule has 182 valence electrons. The summed E-state index contributed by atoms with van der Waals surface area (Å²) in [6.45, 7) is 2.89. The molecule has 0 radical (unpaired) electrons. The van der Waals surface area contributed by atoms with E-state index in [-0.39, 0.29) is 5.56 Å². The molecular weight excluding hydrogens is 639 g/mol. The Labute approximate surface area is 230 Å². The number of aromatic amines is 1. The molecule has 0 bridgehead atoms. The molecule has 5 rings (SSSR count). The van der Waals surface area contributed by atoms with Crippen LogP contribution < -0.4 is 15.0 Å². The minimum absolute atomic E-state index is 0.0494. The number of thiophene rings is 1. The number of ether oxygens (including phenoxy) is 2. The van der Waals surface area contributed by atoms with Gasteiger partial charge in [0.25, 0.3) is 5.56 Å². The molecule has 1 N–H and O–H groups in total. The number of aryl methyl sites for hydroxylation is 2. The van der Waals surface area contributed by atoms with Gasteiger partial charge < -0.3 is 14.5 Å². The van der Waals surface area contributed by atoms with Gasteiger partial charge in [-0.2, -0.15) is 0 Å². The molecule has 5 nitrogen and oxygen atoms in total. The highest BCUT2D eigenvalue weighted by atomic mass is 127. The molecule has 2 aromatic carbocycles. The summed E-state index contributed by atoms with van der Waals surface area (Å²) in [7, 11) is 0. The van der Waals surface area contributed by atoms with Crippen molar-refractivity contribution in [2.75, 3.05) is 6.61 Å². The Morgan fingerprint density at radius 1 is 1.09 bits per heavy atom. The molecule has 1 aliphatic carbocycles. The highest BCUT2D eigenvalue weighted by Gasteiger charge is 2.20. The molecule has 0 saturated carbocycles. The minimum Gasteiger partial charge on any atom is -0.490 e. The van der Waals surface area contributed by atoms with Gasteiger partial charge in [-0.15, -0.1) is 11.3 Å². The van der Waals surface area contributed by atoms with Crippen LogP contribution in [-0.2, 0) is 19.4 Å². The number of fused-ring (bicyclic) bond motifs is 3. The third kappa shape index (κ3) is 5.44. The van der Waals surface area contributed by atoms with Crippen LogP contribution in [-0.4, -0.2) is 16.6 Å². The van der Waals surface area contributed by atoms with Crippen LogP contribution in [0.3, 0.4) is 0 Å². The fraction of sp³-hybridized carbons (Fsp3) is 0.333. The van der Waals surface area contributed by atoms with Crippen LogP contribution in [0.15, 0.2) is 45.7 Å². The van der Waals surface area contributed by atoms with E-state index in [0.29, 0.717) is 30.5 Å². The summed E-state index contributed by atoms with van der Waals surface area (Å²) < 4.78 is 14.1. The Hall–Kier alpha value is -1.91. The van der Waals surface area contributed by atoms with E-state index in [0.717, 1.165) is 48.6 Å². The molecule has 1 aliphatic rings. The quantitative estimate of drug-likeness (QED) is 0.215. The van der Waals surface area contributed by atoms with Crippen molar-refractivity contribution in [3.8, 4) is 22.9 Å². The molecule has 4 aromatic rings. The number of hydrogen-bond donors (Lipinski definition) is 1. The van der Waals surface area contributed by atoms with Crippen molar-refractivity contribution in [2.45, 2.75) is 52.1 Å². The Bertz CT molecular complexity index is 1410. The van der Waals surface area contributed by atoms with Crippen LogP contribution in [0.2, 0.25) is 0 Å². The first kappa shape index (κ1) is 24.8. The third-order valence-electron chi connectivity index (χ3n) is 6.20. The lowest BCUT2D eigenvalue weighted by molar-refractivity contribution is 0.267. The second kappa shape index (κ2) is 11.0. The summed E-state index contributed by atoms with van der Waals surface area (Å²) in [5.41, 5.74) is 3.05. The van der Waals surface area contributed by atoms with Gasteiger partial charge in [-0.3, -0.25) is 4.79 Å². The standard InChI is InChI=1S/C27H26BrIN2O3S/c1-2-33-21-14-17(13-20(29)24(21)34-15-16-9-11-18(28)12-10-16)25-30-26(32)23-19-7-5-3-4-6-8-22(19)35-27(23)31-25/h9-14H,2-8,15H2,1H3,(H,30,31,32). The van der Waals surface area contributed by atoms with Gasteiger partial charge in [0.05, 0.1) is 15.6 Å². The molecule has 2 heterocycles. The first-order valence-electron chi connectivity index (χ1n) is 11.9. The second-order valence-electron chi connectivity index (χ2n) is 8.65. The molecule has 0 aliphatic heterocycles. The molecule has 8 heteroatoms. The lowest BCUT2D eigenvalue weighted by atomic mass is 9.98. The smallest absolute Gasteiger partial charge is 0.260 e. The van der Waals surface area contributed by atoms with Gasteiger partial charge in [-0.1, -0.05) is 40.9 Å². The van der Waals surface area contributed by atoms with Crippen LogP contribution in [0.4, 0.5) is 0 Å². The van der Waals surface area contributed by atoms with Gasteiger partial charge >= 0.3 is 0 Å². The number of benzene rings is 2. The van der Waals surface area contributed by atoms with E-state index >= 15 is 0 Å². The average molecular weight is 665 g/mol. The van der Waals surface area contributed by atoms with Crippen LogP contribution >= 0.6 is 49.9 Å². The van der Waals surface area contributed by atoms with Gasteiger partial charge in [0.2, 0.25) is 0 Å². The summed E-state index contributed by atoms with van der Waals surface area (Å²) in [6.07, 6.45) is 6.82. The zero-order valence-corrected chi connectivity index (χ0v) is 24.0. The second-order valence-corrected chi connectivity index (χ2v) is 11.8. The maximum atomic E-state index is 13.2. The third-order valence-corrected chi connectivity index (χ3v) is 8.72. The van der Waals surface area contributed by atoms with E-state index < -0.39 is 0 Å². The van der Waals surface area contributed by atoms with Gasteiger partial charge in [0.15, 0.2) is 11.5 Å². The number of H-pyrrole nitrogens is 1. The Balaban J connectivity index is 1.50. The Kier molecular flexibility index (Phi) is 7.79. The van der Waals surface area contributed by atoms with Crippen molar-refractivity contribution in [3.63, 3.8) is 0 Å². The SMILES string of the molecule is CCOc1cc(-c2nc3sc4c(c3c(=O)[nH]2)CCCCCC4)cc(I)c1OCc1ccc(Br)cc1. The Morgan fingerprint density at radius 3 is 2.63 bits per heavy atom. The zero-order chi connectivity index (χ0) is 24.4. The summed E-state index contributed by atoms with van der Waals surface area (Å²) in [5, 5.41) is 0.782. The summed E-state index contributed by atoms with van der Waals surface area (Å²) in [4.78, 5) is 23.3. The lowest BCUT2D eigenvalue weighted by Gasteiger charge is -2.15. The lowest BCUT2D eigenvalue weighted by Crippen LogP contribution is -2.11. The number of nitrogens with zero attached hydrogens (tertiary/aromatic N) is 1. The molecule has 0 fully saturated rings. The van der Waals surface area contributed by atoms with Crippen molar-refractivity contribution < 1.29 is 9.47 Å². The summed E-state index contributed by atoms with van der Waals surface area (Å²) in [6, 6.07) is 12.0. The van der Waals surface area contributed by atoms with E-state index in [2.05, 4.69) is 43.5 Å². The zero-order valence-electron chi connectivity index (χ0n) is 19.5. The van der Waals surface area contributed by atoms with E-state index in [1.807, 2.05) is 43.3 Å². The van der Waals surface area contributed by atoms with Crippen molar-refractivity contribution in [3.05, 3.63) is 70.8 Å².